The van der Waals surface area contributed by atoms with Crippen molar-refractivity contribution in [2.45, 2.75) is 43.6 Å². The molecule has 1 unspecified atom stereocenters. The Morgan fingerprint density at radius 2 is 1.82 bits per heavy atom. The average molecular weight is 620 g/mol. The number of carbonyl (C=O) groups excluding carboxylic acids is 4. The van der Waals surface area contributed by atoms with Gasteiger partial charge in [0.1, 0.15) is 23.9 Å². The fraction of sp³-hybridized carbons (Fsp3) is 0.391. The molecule has 14 nitrogen and oxygen atoms in total. The highest BCUT2D eigenvalue weighted by Crippen LogP contribution is 2.37. The molecule has 3 amide bonds. The number of ether oxygens (including phenoxy) is 1. The van der Waals surface area contributed by atoms with E-state index < -0.39 is 93.3 Å². The van der Waals surface area contributed by atoms with E-state index >= 15 is 0 Å². The number of rotatable bonds is 10. The van der Waals surface area contributed by atoms with E-state index in [4.69, 9.17) is 27.9 Å². The van der Waals surface area contributed by atoms with Crippen molar-refractivity contribution in [1.82, 2.24) is 15.5 Å². The highest BCUT2D eigenvalue weighted by Gasteiger charge is 2.60. The van der Waals surface area contributed by atoms with Crippen LogP contribution >= 0.6 is 23.2 Å². The maximum Gasteiger partial charge on any atom is 0.352 e. The molecule has 0 aromatic heterocycles. The zero-order chi connectivity index (χ0) is 30.2. The minimum Gasteiger partial charge on any atom is -0.480 e. The Labute approximate surface area is 237 Å². The number of carboxylic acid groups (broad SMARTS) is 2. The van der Waals surface area contributed by atoms with Crippen molar-refractivity contribution in [3.8, 4) is 0 Å². The standard InChI is InChI=1S/C23H23Cl2N3O11S/c1-10(29)39-8-11-9-40(37,38)20-16(19(32)28(20)17(11)21(33)34)26-15(30)5-6-23(2,22(35)36)27-18(31)13-4-3-12(24)7-14(13)25/h3-4,7,16,20H,5-6,8-9H2,1-2H3,(H,26,30)(H,27,31)(H,33,34)(H,35,36)/t16-,20-,23?/m1/s1. The average Bonchev–Trinajstić information content (AvgIpc) is 2.83. The van der Waals surface area contributed by atoms with Gasteiger partial charge >= 0.3 is 17.9 Å². The molecule has 2 aliphatic rings. The fourth-order valence-corrected chi connectivity index (χ4v) is 6.65. The van der Waals surface area contributed by atoms with Crippen molar-refractivity contribution in [2.24, 2.45) is 0 Å². The van der Waals surface area contributed by atoms with Gasteiger partial charge in [0.15, 0.2) is 15.2 Å². The normalized spacial score (nSPS) is 20.9. The lowest BCUT2D eigenvalue weighted by molar-refractivity contribution is -0.151. The monoisotopic (exact) mass is 619 g/mol. The van der Waals surface area contributed by atoms with Crippen LogP contribution in [0, 0.1) is 0 Å². The van der Waals surface area contributed by atoms with Crippen LogP contribution in [0.2, 0.25) is 10.0 Å². The third kappa shape index (κ3) is 6.21. The number of amides is 3. The molecule has 0 aliphatic carbocycles. The molecule has 0 bridgehead atoms. The number of β-lactam (4-membered cyclic amide) rings is 1. The van der Waals surface area contributed by atoms with E-state index in [2.05, 4.69) is 10.6 Å². The van der Waals surface area contributed by atoms with Crippen LogP contribution in [0.3, 0.4) is 0 Å². The summed E-state index contributed by atoms with van der Waals surface area (Å²) < 4.78 is 30.4. The Kier molecular flexibility index (Phi) is 8.81. The lowest BCUT2D eigenvalue weighted by Gasteiger charge is -2.49. The van der Waals surface area contributed by atoms with Crippen molar-refractivity contribution in [2.75, 3.05) is 12.4 Å². The molecule has 1 aromatic carbocycles. The van der Waals surface area contributed by atoms with Gasteiger partial charge in [0.2, 0.25) is 5.91 Å². The van der Waals surface area contributed by atoms with Crippen molar-refractivity contribution < 1.29 is 52.1 Å². The van der Waals surface area contributed by atoms with Gasteiger partial charge < -0.3 is 25.6 Å². The number of esters is 1. The number of nitrogens with zero attached hydrogens (tertiary/aromatic N) is 1. The quantitative estimate of drug-likeness (QED) is 0.207. The second-order valence-corrected chi connectivity index (χ2v) is 12.1. The Morgan fingerprint density at radius 3 is 2.38 bits per heavy atom. The van der Waals surface area contributed by atoms with Gasteiger partial charge in [-0.25, -0.2) is 18.0 Å². The van der Waals surface area contributed by atoms with E-state index in [0.717, 1.165) is 13.8 Å². The van der Waals surface area contributed by atoms with Gasteiger partial charge in [-0.3, -0.25) is 24.1 Å². The minimum absolute atomic E-state index is 0.0389. The first kappa shape index (κ1) is 30.8. The van der Waals surface area contributed by atoms with Gasteiger partial charge in [0, 0.05) is 23.9 Å². The van der Waals surface area contributed by atoms with Crippen LogP contribution in [-0.4, -0.2) is 88.5 Å². The minimum atomic E-state index is -4.22. The molecule has 0 radical (unpaired) electrons. The zero-order valence-electron chi connectivity index (χ0n) is 20.9. The van der Waals surface area contributed by atoms with Crippen LogP contribution in [0.1, 0.15) is 37.0 Å². The molecule has 17 heteroatoms. The van der Waals surface area contributed by atoms with Crippen LogP contribution in [-0.2, 0) is 38.5 Å². The molecule has 3 rings (SSSR count). The SMILES string of the molecule is CC(=O)OCC1=C(C(=O)O)N2C(=O)[C@@H](NC(=O)CCC(C)(NC(=O)c3ccc(Cl)cc3Cl)C(=O)O)[C@H]2S(=O)(=O)C1. The number of aliphatic carboxylic acids is 2. The molecule has 1 saturated heterocycles. The Balaban J connectivity index is 1.72. The summed E-state index contributed by atoms with van der Waals surface area (Å²) in [6.45, 7) is 1.51. The highest BCUT2D eigenvalue weighted by molar-refractivity contribution is 7.92. The Hall–Kier alpha value is -3.69. The molecule has 4 N–H and O–H groups in total. The van der Waals surface area contributed by atoms with Crippen molar-refractivity contribution in [3.05, 3.63) is 45.1 Å². The van der Waals surface area contributed by atoms with Crippen LogP contribution in [0.15, 0.2) is 29.5 Å². The lowest BCUT2D eigenvalue weighted by Crippen LogP contribution is -2.74. The maximum atomic E-state index is 12.9. The number of fused-ring (bicyclic) bond motifs is 1. The predicted molar refractivity (Wildman–Crippen MR) is 137 cm³/mol. The summed E-state index contributed by atoms with van der Waals surface area (Å²) in [5.41, 5.74) is -3.03. The molecule has 0 saturated carbocycles. The molecule has 1 fully saturated rings. The summed E-state index contributed by atoms with van der Waals surface area (Å²) in [7, 11) is -4.22. The number of halogens is 2. The molecule has 1 aromatic rings. The van der Waals surface area contributed by atoms with Crippen molar-refractivity contribution in [1.29, 1.82) is 0 Å². The predicted octanol–water partition coefficient (Wildman–Crippen LogP) is 0.330. The largest absolute Gasteiger partial charge is 0.480 e. The summed E-state index contributed by atoms with van der Waals surface area (Å²) in [6.07, 6.45) is -1.03. The van der Waals surface area contributed by atoms with Gasteiger partial charge in [-0.15, -0.1) is 0 Å². The maximum absolute atomic E-state index is 12.9. The molecule has 40 heavy (non-hydrogen) atoms. The second-order valence-electron chi connectivity index (χ2n) is 9.20. The number of carbonyl (C=O) groups is 6. The smallest absolute Gasteiger partial charge is 0.352 e. The van der Waals surface area contributed by atoms with Crippen molar-refractivity contribution >= 4 is 68.7 Å². The van der Waals surface area contributed by atoms with Gasteiger partial charge in [-0.2, -0.15) is 0 Å². The zero-order valence-corrected chi connectivity index (χ0v) is 23.2. The summed E-state index contributed by atoms with van der Waals surface area (Å²) >= 11 is 11.8. The third-order valence-corrected chi connectivity index (χ3v) is 8.74. The number of hydrogen-bond acceptors (Lipinski definition) is 9. The van der Waals surface area contributed by atoms with E-state index in [1.54, 1.807) is 0 Å². The van der Waals surface area contributed by atoms with Crippen LogP contribution < -0.4 is 10.6 Å². The van der Waals surface area contributed by atoms with Crippen LogP contribution in [0.25, 0.3) is 0 Å². The molecule has 2 aliphatic heterocycles. The Morgan fingerprint density at radius 1 is 1.18 bits per heavy atom. The molecule has 216 valence electrons. The second kappa shape index (κ2) is 11.4. The van der Waals surface area contributed by atoms with E-state index in [1.807, 2.05) is 0 Å². The first-order chi connectivity index (χ1) is 18.5. The van der Waals surface area contributed by atoms with Gasteiger partial charge in [-0.05, 0) is 31.5 Å². The van der Waals surface area contributed by atoms with Gasteiger partial charge in [-0.1, -0.05) is 23.2 Å². The fourth-order valence-electron chi connectivity index (χ4n) is 4.15. The van der Waals surface area contributed by atoms with Crippen molar-refractivity contribution in [3.63, 3.8) is 0 Å². The Bertz CT molecular complexity index is 1460. The van der Waals surface area contributed by atoms with Crippen LogP contribution in [0.4, 0.5) is 0 Å². The first-order valence-electron chi connectivity index (χ1n) is 11.4. The van der Waals surface area contributed by atoms with E-state index in [-0.39, 0.29) is 21.2 Å². The molecule has 0 spiro atoms. The number of nitrogens with one attached hydrogen (secondary N) is 2. The number of hydrogen-bond donors (Lipinski definition) is 4. The number of sulfone groups is 1. The van der Waals surface area contributed by atoms with E-state index in [1.165, 1.54) is 18.2 Å². The third-order valence-electron chi connectivity index (χ3n) is 6.22. The molecule has 2 heterocycles. The molecular weight excluding hydrogens is 597 g/mol. The highest BCUT2D eigenvalue weighted by atomic mass is 35.5. The van der Waals surface area contributed by atoms with E-state index in [0.29, 0.717) is 4.90 Å². The number of benzene rings is 1. The molecular formula is C23H23Cl2N3O11S. The topological polar surface area (TPSA) is 214 Å². The van der Waals surface area contributed by atoms with Crippen LogP contribution in [0.5, 0.6) is 0 Å². The lowest BCUT2D eigenvalue weighted by atomic mass is 9.94. The molecule has 3 atom stereocenters. The van der Waals surface area contributed by atoms with Gasteiger partial charge in [0.05, 0.1) is 16.3 Å². The summed E-state index contributed by atoms with van der Waals surface area (Å²) in [5.74, 6) is -7.57. The first-order valence-corrected chi connectivity index (χ1v) is 13.9. The summed E-state index contributed by atoms with van der Waals surface area (Å²) in [4.78, 5) is 73.4. The van der Waals surface area contributed by atoms with E-state index in [9.17, 15) is 47.4 Å². The summed E-state index contributed by atoms with van der Waals surface area (Å²) in [5, 5.41) is 22.3. The van der Waals surface area contributed by atoms with Gasteiger partial charge in [0.25, 0.3) is 11.8 Å². The number of carboxylic acids is 2. The summed E-state index contributed by atoms with van der Waals surface area (Å²) in [6, 6.07) is 2.30.